The van der Waals surface area contributed by atoms with Crippen LogP contribution >= 0.6 is 11.8 Å². The number of rotatable bonds is 6. The van der Waals surface area contributed by atoms with Crippen molar-refractivity contribution in [1.29, 1.82) is 0 Å². The van der Waals surface area contributed by atoms with Crippen molar-refractivity contribution in [2.75, 3.05) is 5.75 Å². The molecule has 0 amide bonds. The van der Waals surface area contributed by atoms with Crippen LogP contribution in [0.3, 0.4) is 0 Å². The molecule has 24 heavy (non-hydrogen) atoms. The number of aryl methyl sites for hydroxylation is 2. The number of ketones is 1. The molecule has 0 saturated heterocycles. The van der Waals surface area contributed by atoms with E-state index in [1.807, 2.05) is 55.5 Å². The summed E-state index contributed by atoms with van der Waals surface area (Å²) in [6, 6.07) is 15.6. The summed E-state index contributed by atoms with van der Waals surface area (Å²) in [5.41, 5.74) is 3.98. The van der Waals surface area contributed by atoms with Gasteiger partial charge in [-0.25, -0.2) is 0 Å². The van der Waals surface area contributed by atoms with Gasteiger partial charge in [0.1, 0.15) is 0 Å². The number of hydrogen-bond donors (Lipinski definition) is 0. The highest BCUT2D eigenvalue weighted by Gasteiger charge is 2.12. The second-order valence-corrected chi connectivity index (χ2v) is 6.43. The molecular weight excluding hydrogens is 320 g/mol. The quantitative estimate of drug-likeness (QED) is 0.486. The van der Waals surface area contributed by atoms with Gasteiger partial charge in [-0.05, 0) is 31.0 Å². The van der Waals surface area contributed by atoms with Gasteiger partial charge in [0.15, 0.2) is 5.78 Å². The van der Waals surface area contributed by atoms with Crippen LogP contribution in [0.4, 0.5) is 0 Å². The number of Topliss-reactive ketones (excluding diaryl/α,β-unsaturated/α-hetero) is 1. The van der Waals surface area contributed by atoms with Crippen molar-refractivity contribution in [2.24, 2.45) is 0 Å². The number of thioether (sulfide) groups is 1. The Morgan fingerprint density at radius 1 is 1.04 bits per heavy atom. The van der Waals surface area contributed by atoms with Crippen LogP contribution in [0.25, 0.3) is 11.5 Å². The predicted molar refractivity (Wildman–Crippen MR) is 95.3 cm³/mol. The molecule has 1 heterocycles. The third-order valence-corrected chi connectivity index (χ3v) is 4.53. The number of hydrogen-bond acceptors (Lipinski definition) is 5. The molecule has 0 unspecified atom stereocenters. The Hall–Kier alpha value is -2.40. The fraction of sp³-hybridized carbons (Fsp3) is 0.211. The molecule has 3 aromatic rings. The van der Waals surface area contributed by atoms with E-state index in [1.54, 1.807) is 0 Å². The van der Waals surface area contributed by atoms with Crippen molar-refractivity contribution in [3.8, 4) is 11.5 Å². The Labute approximate surface area is 145 Å². The third-order valence-electron chi connectivity index (χ3n) is 3.72. The molecule has 0 spiro atoms. The van der Waals surface area contributed by atoms with Crippen LogP contribution in [0.15, 0.2) is 58.2 Å². The minimum absolute atomic E-state index is 0.0535. The Morgan fingerprint density at radius 2 is 1.75 bits per heavy atom. The van der Waals surface area contributed by atoms with E-state index in [1.165, 1.54) is 22.9 Å². The van der Waals surface area contributed by atoms with Crippen LogP contribution in [-0.4, -0.2) is 21.7 Å². The molecule has 3 rings (SSSR count). The second-order valence-electron chi connectivity index (χ2n) is 5.50. The zero-order chi connectivity index (χ0) is 16.9. The van der Waals surface area contributed by atoms with Crippen LogP contribution in [0, 0.1) is 6.92 Å². The van der Waals surface area contributed by atoms with Crippen LogP contribution in [0.2, 0.25) is 0 Å². The standard InChI is InChI=1S/C19H18N2O2S/c1-3-14-6-10-15(11-7-14)17(22)12-24-19-21-20-18(23-19)16-8-4-13(2)5-9-16/h4-11H,3,12H2,1-2H3. The van der Waals surface area contributed by atoms with Gasteiger partial charge in [0, 0.05) is 11.1 Å². The highest BCUT2D eigenvalue weighted by molar-refractivity contribution is 7.99. The number of nitrogens with zero attached hydrogens (tertiary/aromatic N) is 2. The molecule has 0 atom stereocenters. The second kappa shape index (κ2) is 7.45. The normalized spacial score (nSPS) is 10.8. The minimum atomic E-state index is 0.0535. The summed E-state index contributed by atoms with van der Waals surface area (Å²) in [7, 11) is 0. The minimum Gasteiger partial charge on any atom is -0.411 e. The van der Waals surface area contributed by atoms with Gasteiger partial charge >= 0.3 is 0 Å². The average Bonchev–Trinajstić information content (AvgIpc) is 3.09. The lowest BCUT2D eigenvalue weighted by atomic mass is 10.1. The number of carbonyl (C=O) groups is 1. The molecular formula is C19H18N2O2S. The van der Waals surface area contributed by atoms with E-state index < -0.39 is 0 Å². The maximum absolute atomic E-state index is 12.2. The van der Waals surface area contributed by atoms with E-state index >= 15 is 0 Å². The molecule has 0 aliphatic heterocycles. The van der Waals surface area contributed by atoms with Gasteiger partial charge in [-0.15, -0.1) is 10.2 Å². The first kappa shape index (κ1) is 16.5. The molecule has 0 radical (unpaired) electrons. The largest absolute Gasteiger partial charge is 0.411 e. The van der Waals surface area contributed by atoms with Gasteiger partial charge < -0.3 is 4.42 Å². The fourth-order valence-corrected chi connectivity index (χ4v) is 2.88. The molecule has 2 aromatic carbocycles. The summed E-state index contributed by atoms with van der Waals surface area (Å²) < 4.78 is 5.62. The molecule has 0 aliphatic rings. The first-order chi connectivity index (χ1) is 11.7. The molecule has 4 nitrogen and oxygen atoms in total. The molecule has 0 aliphatic carbocycles. The summed E-state index contributed by atoms with van der Waals surface area (Å²) >= 11 is 1.26. The van der Waals surface area contributed by atoms with Crippen molar-refractivity contribution in [2.45, 2.75) is 25.5 Å². The van der Waals surface area contributed by atoms with E-state index in [0.717, 1.165) is 12.0 Å². The smallest absolute Gasteiger partial charge is 0.277 e. The lowest BCUT2D eigenvalue weighted by Crippen LogP contribution is -2.02. The molecule has 0 fully saturated rings. The first-order valence-electron chi connectivity index (χ1n) is 7.81. The van der Waals surface area contributed by atoms with Crippen LogP contribution in [0.5, 0.6) is 0 Å². The first-order valence-corrected chi connectivity index (χ1v) is 8.79. The Kier molecular flexibility index (Phi) is 5.11. The summed E-state index contributed by atoms with van der Waals surface area (Å²) in [5.74, 6) is 0.802. The molecule has 5 heteroatoms. The summed E-state index contributed by atoms with van der Waals surface area (Å²) in [6.45, 7) is 4.12. The number of benzene rings is 2. The van der Waals surface area contributed by atoms with Crippen molar-refractivity contribution < 1.29 is 9.21 Å². The van der Waals surface area contributed by atoms with Gasteiger partial charge in [0.2, 0.25) is 5.89 Å². The van der Waals surface area contributed by atoms with Gasteiger partial charge in [0.25, 0.3) is 5.22 Å². The van der Waals surface area contributed by atoms with Gasteiger partial charge in [-0.2, -0.15) is 0 Å². The molecule has 122 valence electrons. The monoisotopic (exact) mass is 338 g/mol. The molecule has 0 bridgehead atoms. The SMILES string of the molecule is CCc1ccc(C(=O)CSc2nnc(-c3ccc(C)cc3)o2)cc1. The number of aromatic nitrogens is 2. The van der Waals surface area contributed by atoms with Gasteiger partial charge in [0.05, 0.1) is 5.75 Å². The van der Waals surface area contributed by atoms with Crippen molar-refractivity contribution in [3.05, 3.63) is 65.2 Å². The van der Waals surface area contributed by atoms with E-state index in [2.05, 4.69) is 17.1 Å². The zero-order valence-corrected chi connectivity index (χ0v) is 14.5. The van der Waals surface area contributed by atoms with Crippen molar-refractivity contribution in [1.82, 2.24) is 10.2 Å². The molecule has 0 N–H and O–H groups in total. The van der Waals surface area contributed by atoms with Gasteiger partial charge in [-0.3, -0.25) is 4.79 Å². The van der Waals surface area contributed by atoms with E-state index in [9.17, 15) is 4.79 Å². The summed E-state index contributed by atoms with van der Waals surface area (Å²) in [6.07, 6.45) is 0.965. The van der Waals surface area contributed by atoms with E-state index in [0.29, 0.717) is 16.7 Å². The van der Waals surface area contributed by atoms with Crippen LogP contribution in [0.1, 0.15) is 28.4 Å². The lowest BCUT2D eigenvalue weighted by molar-refractivity contribution is 0.102. The Bertz CT molecular complexity index is 823. The molecule has 0 saturated carbocycles. The van der Waals surface area contributed by atoms with E-state index in [4.69, 9.17) is 4.42 Å². The maximum atomic E-state index is 12.2. The Morgan fingerprint density at radius 3 is 2.42 bits per heavy atom. The summed E-state index contributed by atoms with van der Waals surface area (Å²) in [4.78, 5) is 12.2. The van der Waals surface area contributed by atoms with E-state index in [-0.39, 0.29) is 11.5 Å². The van der Waals surface area contributed by atoms with Crippen LogP contribution in [-0.2, 0) is 6.42 Å². The Balaban J connectivity index is 1.62. The predicted octanol–water partition coefficient (Wildman–Crippen LogP) is 4.58. The highest BCUT2D eigenvalue weighted by Crippen LogP contribution is 2.24. The van der Waals surface area contributed by atoms with Crippen molar-refractivity contribution in [3.63, 3.8) is 0 Å². The maximum Gasteiger partial charge on any atom is 0.277 e. The van der Waals surface area contributed by atoms with Crippen LogP contribution < -0.4 is 0 Å². The van der Waals surface area contributed by atoms with Gasteiger partial charge in [-0.1, -0.05) is 60.6 Å². The zero-order valence-electron chi connectivity index (χ0n) is 13.7. The lowest BCUT2D eigenvalue weighted by Gasteiger charge is -2.01. The number of carbonyl (C=O) groups excluding carboxylic acids is 1. The summed E-state index contributed by atoms with van der Waals surface area (Å²) in [5, 5.41) is 8.45. The third kappa shape index (κ3) is 3.92. The molecule has 1 aromatic heterocycles. The highest BCUT2D eigenvalue weighted by atomic mass is 32.2. The van der Waals surface area contributed by atoms with Crippen molar-refractivity contribution >= 4 is 17.5 Å². The fourth-order valence-electron chi connectivity index (χ4n) is 2.22. The average molecular weight is 338 g/mol. The topological polar surface area (TPSA) is 56.0 Å².